The van der Waals surface area contributed by atoms with Crippen molar-refractivity contribution >= 4 is 178 Å². The molecule has 15 rings (SSSR count). The zero-order valence-electron chi connectivity index (χ0n) is 54.9. The monoisotopic (exact) mass is 1590 g/mol. The van der Waals surface area contributed by atoms with E-state index < -0.39 is 93.1 Å². The van der Waals surface area contributed by atoms with Gasteiger partial charge in [-0.3, -0.25) is 38.4 Å². The van der Waals surface area contributed by atoms with E-state index in [0.29, 0.717) is 22.6 Å². The Kier molecular flexibility index (Phi) is 21.7. The zero-order valence-corrected chi connectivity index (χ0v) is 61.7. The number of hydrogen-bond donors (Lipinski definition) is 8. The van der Waals surface area contributed by atoms with Gasteiger partial charge in [-0.05, 0) is 152 Å². The Hall–Kier alpha value is -8.56. The van der Waals surface area contributed by atoms with Crippen LogP contribution in [0.2, 0.25) is 40.2 Å². The first kappa shape index (κ1) is 76.1. The summed E-state index contributed by atoms with van der Waals surface area (Å²) in [5.74, 6) is -3.95. The van der Waals surface area contributed by atoms with Gasteiger partial charge >= 0.3 is 0 Å². The van der Waals surface area contributed by atoms with Crippen molar-refractivity contribution in [3.05, 3.63) is 254 Å². The summed E-state index contributed by atoms with van der Waals surface area (Å²) in [5.41, 5.74) is -2.39. The van der Waals surface area contributed by atoms with Crippen LogP contribution in [0.25, 0.3) is 5.69 Å². The number of Topliss-reactive ketones (excluding diaryl/α,β-unsaturated/α-hetero) is 4. The molecule has 540 valence electrons. The topological polar surface area (TPSA) is 321 Å². The molecule has 0 radical (unpaired) electrons. The average Bonchev–Trinajstić information content (AvgIpc) is 1.62. The van der Waals surface area contributed by atoms with E-state index in [2.05, 4.69) is 31.3 Å². The fraction of sp³-hybridized carbons (Fsp3) is 0.213. The number of ketones is 4. The van der Waals surface area contributed by atoms with E-state index in [-0.39, 0.29) is 107 Å². The number of hydrogen-bond acceptors (Lipinski definition) is 16. The number of anilines is 5. The molecule has 8 N–H and O–H groups in total. The molecule has 1 saturated carbocycles. The summed E-state index contributed by atoms with van der Waals surface area (Å²) in [4.78, 5) is 102. The summed E-state index contributed by atoms with van der Waals surface area (Å²) >= 11 is 48.9. The highest BCUT2D eigenvalue weighted by Crippen LogP contribution is 2.51. The van der Waals surface area contributed by atoms with Crippen molar-refractivity contribution in [3.8, 4) is 5.69 Å². The molecule has 8 aromatic carbocycles. The molecule has 30 heteroatoms. The van der Waals surface area contributed by atoms with Crippen LogP contribution in [0.4, 0.5) is 28.4 Å². The van der Waals surface area contributed by atoms with E-state index in [9.17, 15) is 67.2 Å². The predicted octanol–water partition coefficient (Wildman–Crippen LogP) is 14.7. The number of benzene rings is 8. The van der Waals surface area contributed by atoms with Crippen molar-refractivity contribution in [1.82, 2.24) is 9.78 Å². The third-order valence-electron chi connectivity index (χ3n) is 18.7. The number of carbonyl (C=O) groups is 8. The van der Waals surface area contributed by atoms with Gasteiger partial charge in [-0.25, -0.2) is 13.1 Å². The van der Waals surface area contributed by atoms with Crippen molar-refractivity contribution < 1.29 is 67.2 Å². The van der Waals surface area contributed by atoms with Gasteiger partial charge < -0.3 is 46.6 Å². The molecule has 1 saturated heterocycles. The van der Waals surface area contributed by atoms with Gasteiger partial charge in [0.1, 0.15) is 0 Å². The Morgan fingerprint density at radius 3 is 1.00 bits per heavy atom. The number of nitrogens with one attached hydrogen (secondary N) is 4. The van der Waals surface area contributed by atoms with Gasteiger partial charge in [-0.15, -0.1) is 0 Å². The standard InChI is InChI=1S/C20H18Cl2N2O3.C19H13Cl2N3O3.C19H15Cl2NO3.C17H13Cl2NO5S/c21-14-7-8-15(22)18-17(14)20(27,19(26)23-18)11-16(25)12-3-5-13(6-4-12)24-9-1-2-10-24;20-13-6-7-14(21)17-16(13)19(27,18(26)23-17)10-15(25)11-2-4-12(5-3-11)24-9-1-8-22-24;20-13-7-8-14(21)17-16(13)19(25,18(24)22-17)9-15(23)12-5-3-11(4-6-12)10-1-2-10;1-26(24,25)10-4-2-9(3-5-10)13(21)8-17(23)14-11(18)6-7-12(19)15(14)20-16(17)22/h3-8,27H,1-2,9-11H2,(H,23,26);1-9,27H,10H2,(H,23,26);3-8,10,25H,1-2,9H2,(H,22,24);2-7,23H,8H2,1H3,(H,20,22). The van der Waals surface area contributed by atoms with E-state index >= 15 is 0 Å². The number of halogens is 8. The molecule has 1 aliphatic carbocycles. The Morgan fingerprint density at radius 2 is 0.714 bits per heavy atom. The smallest absolute Gasteiger partial charge is 0.261 e. The van der Waals surface area contributed by atoms with Crippen molar-refractivity contribution in [2.45, 2.75) is 84.6 Å². The summed E-state index contributed by atoms with van der Waals surface area (Å²) in [6.45, 7) is 2.03. The SMILES string of the molecule is CS(=O)(=O)c1ccc(C(=O)CC2(O)C(=O)Nc3c(Cl)ccc(Cl)c32)cc1.O=C(CC1(O)C(=O)Nc2c(Cl)ccc(Cl)c21)c1ccc(-n2cccn2)cc1.O=C(CC1(O)C(=O)Nc2c(Cl)ccc(Cl)c21)c1ccc(C2CC2)cc1.O=C(CC1(O)C(=O)Nc2c(Cl)ccc(Cl)c21)c1ccc(N2CCCC2)cc1. The van der Waals surface area contributed by atoms with Gasteiger partial charge in [0.25, 0.3) is 23.6 Å². The molecule has 4 unspecified atom stereocenters. The molecule has 1 aromatic heterocycles. The van der Waals surface area contributed by atoms with Crippen LogP contribution >= 0.6 is 92.8 Å². The highest BCUT2D eigenvalue weighted by Gasteiger charge is 2.53. The van der Waals surface area contributed by atoms with Crippen LogP contribution in [0.5, 0.6) is 0 Å². The van der Waals surface area contributed by atoms with Crippen LogP contribution in [-0.2, 0) is 51.4 Å². The number of carbonyl (C=O) groups excluding carboxylic acids is 8. The van der Waals surface area contributed by atoms with E-state index in [1.54, 1.807) is 71.7 Å². The normalized spacial score (nSPS) is 20.1. The fourth-order valence-corrected chi connectivity index (χ4v) is 15.7. The van der Waals surface area contributed by atoms with Crippen molar-refractivity contribution in [1.29, 1.82) is 0 Å². The van der Waals surface area contributed by atoms with Gasteiger partial charge in [0, 0.05) is 102 Å². The van der Waals surface area contributed by atoms with Crippen LogP contribution in [0.3, 0.4) is 0 Å². The summed E-state index contributed by atoms with van der Waals surface area (Å²) in [6, 6.07) is 40.3. The molecule has 105 heavy (non-hydrogen) atoms. The molecule has 0 bridgehead atoms. The third-order valence-corrected chi connectivity index (χ3v) is 22.3. The highest BCUT2D eigenvalue weighted by molar-refractivity contribution is 7.90. The Morgan fingerprint density at radius 1 is 0.429 bits per heavy atom. The minimum Gasteiger partial charge on any atom is -0.375 e. The number of aromatic nitrogens is 2. The lowest BCUT2D eigenvalue weighted by Crippen LogP contribution is -2.36. The van der Waals surface area contributed by atoms with Crippen LogP contribution in [0, 0.1) is 0 Å². The van der Waals surface area contributed by atoms with Crippen LogP contribution in [0.1, 0.15) is 127 Å². The maximum atomic E-state index is 12.8. The fourth-order valence-electron chi connectivity index (χ4n) is 12.9. The van der Waals surface area contributed by atoms with Crippen LogP contribution in [0.15, 0.2) is 169 Å². The van der Waals surface area contributed by atoms with Crippen molar-refractivity contribution in [2.24, 2.45) is 0 Å². The van der Waals surface area contributed by atoms with Gasteiger partial charge in [0.2, 0.25) is 0 Å². The van der Waals surface area contributed by atoms with Gasteiger partial charge in [0.05, 0.1) is 79.1 Å². The van der Waals surface area contributed by atoms with Gasteiger partial charge in [-0.2, -0.15) is 5.10 Å². The molecule has 2 fully saturated rings. The number of nitrogens with zero attached hydrogens (tertiary/aromatic N) is 3. The van der Waals surface area contributed by atoms with Gasteiger partial charge in [-0.1, -0.05) is 129 Å². The first-order valence-corrected chi connectivity index (χ1v) is 37.2. The second-order valence-electron chi connectivity index (χ2n) is 25.7. The maximum Gasteiger partial charge on any atom is 0.261 e. The quantitative estimate of drug-likeness (QED) is 0.0417. The first-order valence-electron chi connectivity index (χ1n) is 32.3. The molecule has 21 nitrogen and oxygen atoms in total. The number of rotatable bonds is 16. The molecular formula is C75H59Cl8N7O14S. The Bertz CT molecular complexity index is 5180. The Labute approximate surface area is 640 Å². The molecule has 5 aliphatic heterocycles. The van der Waals surface area contributed by atoms with Crippen LogP contribution < -0.4 is 26.2 Å². The molecule has 6 aliphatic rings. The molecular weight excluding hydrogens is 1540 g/mol. The highest BCUT2D eigenvalue weighted by atomic mass is 35.5. The van der Waals surface area contributed by atoms with Crippen molar-refractivity contribution in [2.75, 3.05) is 45.5 Å². The number of sulfone groups is 1. The van der Waals surface area contributed by atoms with Crippen molar-refractivity contribution in [3.63, 3.8) is 0 Å². The third kappa shape index (κ3) is 15.2. The number of aliphatic hydroxyl groups is 4. The molecule has 4 amide bonds. The molecule has 4 atom stereocenters. The van der Waals surface area contributed by atoms with Crippen LogP contribution in [-0.4, -0.2) is 105 Å². The zero-order chi connectivity index (χ0) is 75.4. The summed E-state index contributed by atoms with van der Waals surface area (Å²) < 4.78 is 24.6. The minimum absolute atomic E-state index is 0.0535. The number of fused-ring (bicyclic) bond motifs is 4. The first-order chi connectivity index (χ1) is 49.7. The number of amides is 4. The molecule has 9 aromatic rings. The van der Waals surface area contributed by atoms with E-state index in [1.165, 1.54) is 104 Å². The average molecular weight is 1600 g/mol. The lowest BCUT2D eigenvalue weighted by molar-refractivity contribution is -0.133. The summed E-state index contributed by atoms with van der Waals surface area (Å²) in [7, 11) is -3.40. The Balaban J connectivity index is 0.000000131. The minimum atomic E-state index is -3.40. The maximum absolute atomic E-state index is 12.8. The predicted molar refractivity (Wildman–Crippen MR) is 401 cm³/mol. The summed E-state index contributed by atoms with van der Waals surface area (Å²) in [5, 5.41) is 59.5. The molecule has 0 spiro atoms. The van der Waals surface area contributed by atoms with E-state index in [4.69, 9.17) is 92.8 Å². The van der Waals surface area contributed by atoms with E-state index in [0.717, 1.165) is 30.7 Å². The molecule has 6 heterocycles. The largest absolute Gasteiger partial charge is 0.375 e. The second-order valence-corrected chi connectivity index (χ2v) is 31.0. The lowest BCUT2D eigenvalue weighted by Gasteiger charge is -2.21. The summed E-state index contributed by atoms with van der Waals surface area (Å²) in [6.07, 6.45) is 7.38. The second kappa shape index (κ2) is 30.0. The van der Waals surface area contributed by atoms with E-state index in [1.807, 2.05) is 24.3 Å². The van der Waals surface area contributed by atoms with Gasteiger partial charge in [0.15, 0.2) is 55.4 Å². The lowest BCUT2D eigenvalue weighted by atomic mass is 9.88.